The molecule has 1 saturated heterocycles. The zero-order chi connectivity index (χ0) is 18.7. The van der Waals surface area contributed by atoms with E-state index in [-0.39, 0.29) is 0 Å². The number of hydrogen-bond acceptors (Lipinski definition) is 3. The predicted molar refractivity (Wildman–Crippen MR) is 104 cm³/mol. The first-order chi connectivity index (χ1) is 12.5. The van der Waals surface area contributed by atoms with Gasteiger partial charge in [-0.05, 0) is 54.7 Å². The van der Waals surface area contributed by atoms with Crippen molar-refractivity contribution in [2.24, 2.45) is 11.8 Å². The normalized spacial score (nSPS) is 19.8. The standard InChI is InChI=1S/C21H25N3O2/c1-15-12-16(2)14-23(13-15)20(25)21(26)24(18-6-4-3-5-7-18)19-10-8-17(22)9-11-19/h3-11,15-16H,12-14,22H2,1-2H3. The molecule has 0 bridgehead atoms. The van der Waals surface area contributed by atoms with Crippen molar-refractivity contribution in [3.63, 3.8) is 0 Å². The van der Waals surface area contributed by atoms with Crippen LogP contribution in [0.4, 0.5) is 17.1 Å². The first-order valence-electron chi connectivity index (χ1n) is 8.99. The molecule has 1 fully saturated rings. The van der Waals surface area contributed by atoms with Crippen molar-refractivity contribution in [2.75, 3.05) is 23.7 Å². The lowest BCUT2D eigenvalue weighted by Crippen LogP contribution is -2.49. The lowest BCUT2D eigenvalue weighted by molar-refractivity contribution is -0.145. The molecule has 3 rings (SSSR count). The first-order valence-corrected chi connectivity index (χ1v) is 8.99. The maximum atomic E-state index is 13.1. The summed E-state index contributed by atoms with van der Waals surface area (Å²) >= 11 is 0. The minimum Gasteiger partial charge on any atom is -0.399 e. The molecule has 26 heavy (non-hydrogen) atoms. The van der Waals surface area contributed by atoms with Gasteiger partial charge in [-0.15, -0.1) is 0 Å². The summed E-state index contributed by atoms with van der Waals surface area (Å²) in [6.07, 6.45) is 1.08. The number of carbonyl (C=O) groups is 2. The molecule has 0 aliphatic carbocycles. The molecule has 5 nitrogen and oxygen atoms in total. The number of nitrogen functional groups attached to an aromatic ring is 1. The minimum absolute atomic E-state index is 0.400. The summed E-state index contributed by atoms with van der Waals surface area (Å²) < 4.78 is 0. The van der Waals surface area contributed by atoms with Gasteiger partial charge in [0.1, 0.15) is 0 Å². The molecule has 1 aliphatic heterocycles. The van der Waals surface area contributed by atoms with Gasteiger partial charge in [0.05, 0.1) is 0 Å². The molecule has 0 aromatic heterocycles. The number of anilines is 3. The summed E-state index contributed by atoms with van der Waals surface area (Å²) in [5, 5.41) is 0. The number of para-hydroxylation sites is 1. The fourth-order valence-corrected chi connectivity index (χ4v) is 3.64. The number of carbonyl (C=O) groups excluding carboxylic acids is 2. The highest BCUT2D eigenvalue weighted by Crippen LogP contribution is 2.28. The van der Waals surface area contributed by atoms with Crippen molar-refractivity contribution in [3.8, 4) is 0 Å². The molecular formula is C21H25N3O2. The minimum atomic E-state index is -0.540. The Kier molecular flexibility index (Phi) is 5.26. The SMILES string of the molecule is CC1CC(C)CN(C(=O)C(=O)N(c2ccccc2)c2ccc(N)cc2)C1. The molecule has 2 amide bonds. The second-order valence-corrected chi connectivity index (χ2v) is 7.22. The Labute approximate surface area is 154 Å². The van der Waals surface area contributed by atoms with Gasteiger partial charge in [0.25, 0.3) is 0 Å². The van der Waals surface area contributed by atoms with E-state index in [0.29, 0.717) is 42.0 Å². The van der Waals surface area contributed by atoms with Gasteiger partial charge in [-0.25, -0.2) is 0 Å². The van der Waals surface area contributed by atoms with Crippen LogP contribution in [0.2, 0.25) is 0 Å². The van der Waals surface area contributed by atoms with Crippen molar-refractivity contribution >= 4 is 28.9 Å². The number of benzene rings is 2. The van der Waals surface area contributed by atoms with Crippen LogP contribution in [0.25, 0.3) is 0 Å². The van der Waals surface area contributed by atoms with Crippen LogP contribution in [-0.2, 0) is 9.59 Å². The Morgan fingerprint density at radius 2 is 1.46 bits per heavy atom. The summed E-state index contributed by atoms with van der Waals surface area (Å²) in [6.45, 7) is 5.49. The maximum absolute atomic E-state index is 13.1. The molecule has 0 radical (unpaired) electrons. The van der Waals surface area contributed by atoms with Crippen LogP contribution in [0.5, 0.6) is 0 Å². The Morgan fingerprint density at radius 3 is 2.04 bits per heavy atom. The third kappa shape index (κ3) is 3.87. The molecule has 0 spiro atoms. The number of hydrogen-bond donors (Lipinski definition) is 1. The Hall–Kier alpha value is -2.82. The topological polar surface area (TPSA) is 66.6 Å². The highest BCUT2D eigenvalue weighted by Gasteiger charge is 2.33. The van der Waals surface area contributed by atoms with Crippen LogP contribution in [-0.4, -0.2) is 29.8 Å². The first kappa shape index (κ1) is 18.0. The number of nitrogens with two attached hydrogens (primary N) is 1. The van der Waals surface area contributed by atoms with Gasteiger partial charge in [-0.1, -0.05) is 32.0 Å². The van der Waals surface area contributed by atoms with E-state index in [1.165, 1.54) is 4.90 Å². The Morgan fingerprint density at radius 1 is 0.923 bits per heavy atom. The van der Waals surface area contributed by atoms with Crippen LogP contribution in [0, 0.1) is 11.8 Å². The molecule has 1 heterocycles. The fraction of sp³-hybridized carbons (Fsp3) is 0.333. The molecule has 0 saturated carbocycles. The highest BCUT2D eigenvalue weighted by molar-refractivity contribution is 6.42. The lowest BCUT2D eigenvalue weighted by atomic mass is 9.92. The van der Waals surface area contributed by atoms with Crippen molar-refractivity contribution in [2.45, 2.75) is 20.3 Å². The van der Waals surface area contributed by atoms with Crippen LogP contribution in [0.15, 0.2) is 54.6 Å². The zero-order valence-corrected chi connectivity index (χ0v) is 15.3. The molecule has 2 aromatic carbocycles. The number of amides is 2. The summed E-state index contributed by atoms with van der Waals surface area (Å²) in [5.74, 6) is -0.194. The summed E-state index contributed by atoms with van der Waals surface area (Å²) in [5.41, 5.74) is 7.67. The van der Waals surface area contributed by atoms with E-state index in [4.69, 9.17) is 5.73 Å². The second kappa shape index (κ2) is 7.60. The number of nitrogens with zero attached hydrogens (tertiary/aromatic N) is 2. The van der Waals surface area contributed by atoms with E-state index in [0.717, 1.165) is 6.42 Å². The van der Waals surface area contributed by atoms with E-state index in [1.54, 1.807) is 29.2 Å². The van der Waals surface area contributed by atoms with E-state index in [9.17, 15) is 9.59 Å². The molecule has 136 valence electrons. The average molecular weight is 351 g/mol. The Balaban J connectivity index is 1.92. The van der Waals surface area contributed by atoms with Gasteiger partial charge in [0.2, 0.25) is 0 Å². The van der Waals surface area contributed by atoms with Crippen molar-refractivity contribution in [1.29, 1.82) is 0 Å². The van der Waals surface area contributed by atoms with Crippen LogP contribution in [0.1, 0.15) is 20.3 Å². The number of rotatable bonds is 2. The molecule has 5 heteroatoms. The van der Waals surface area contributed by atoms with Gasteiger partial charge < -0.3 is 10.6 Å². The van der Waals surface area contributed by atoms with Gasteiger partial charge in [0.15, 0.2) is 0 Å². The molecule has 1 aliphatic rings. The smallest absolute Gasteiger partial charge is 0.321 e. The van der Waals surface area contributed by atoms with Gasteiger partial charge >= 0.3 is 11.8 Å². The maximum Gasteiger partial charge on any atom is 0.321 e. The second-order valence-electron chi connectivity index (χ2n) is 7.22. The molecule has 2 unspecified atom stereocenters. The average Bonchev–Trinajstić information content (AvgIpc) is 2.63. The van der Waals surface area contributed by atoms with Crippen molar-refractivity contribution < 1.29 is 9.59 Å². The lowest BCUT2D eigenvalue weighted by Gasteiger charge is -2.35. The summed E-state index contributed by atoms with van der Waals surface area (Å²) in [7, 11) is 0. The molecule has 2 N–H and O–H groups in total. The largest absolute Gasteiger partial charge is 0.399 e. The quantitative estimate of drug-likeness (QED) is 0.666. The molecule has 2 aromatic rings. The highest BCUT2D eigenvalue weighted by atomic mass is 16.2. The predicted octanol–water partition coefficient (Wildman–Crippen LogP) is 3.44. The molecular weight excluding hydrogens is 326 g/mol. The van der Waals surface area contributed by atoms with E-state index in [2.05, 4.69) is 13.8 Å². The third-order valence-corrected chi connectivity index (χ3v) is 4.71. The third-order valence-electron chi connectivity index (χ3n) is 4.71. The van der Waals surface area contributed by atoms with Crippen LogP contribution in [0.3, 0.4) is 0 Å². The molecule has 2 atom stereocenters. The van der Waals surface area contributed by atoms with Crippen LogP contribution < -0.4 is 10.6 Å². The van der Waals surface area contributed by atoms with E-state index in [1.807, 2.05) is 30.3 Å². The summed E-state index contributed by atoms with van der Waals surface area (Å²) in [6, 6.07) is 16.2. The van der Waals surface area contributed by atoms with Crippen molar-refractivity contribution in [3.05, 3.63) is 54.6 Å². The number of likely N-dealkylation sites (tertiary alicyclic amines) is 1. The number of piperidine rings is 1. The zero-order valence-electron chi connectivity index (χ0n) is 15.3. The summed E-state index contributed by atoms with van der Waals surface area (Å²) in [4.78, 5) is 29.3. The Bertz CT molecular complexity index is 764. The fourth-order valence-electron chi connectivity index (χ4n) is 3.64. The van der Waals surface area contributed by atoms with Gasteiger partial charge in [-0.2, -0.15) is 0 Å². The van der Waals surface area contributed by atoms with Gasteiger partial charge in [-0.3, -0.25) is 14.5 Å². The van der Waals surface area contributed by atoms with E-state index < -0.39 is 11.8 Å². The monoisotopic (exact) mass is 351 g/mol. The van der Waals surface area contributed by atoms with Crippen LogP contribution >= 0.6 is 0 Å². The van der Waals surface area contributed by atoms with Crippen molar-refractivity contribution in [1.82, 2.24) is 4.90 Å². The van der Waals surface area contributed by atoms with E-state index >= 15 is 0 Å². The van der Waals surface area contributed by atoms with Gasteiger partial charge in [0, 0.05) is 30.2 Å².